The van der Waals surface area contributed by atoms with Gasteiger partial charge in [-0.05, 0) is 57.1 Å². The SMILES string of the molecule is CC(=O)C1=C(O)C2C(=O)C3=C(O)c4c(O)c(C(C)=O)cc(C(C)=O)c4CC3CC2CC1=O. The lowest BCUT2D eigenvalue weighted by Gasteiger charge is -2.41. The largest absolute Gasteiger partial charge is 0.511 e. The summed E-state index contributed by atoms with van der Waals surface area (Å²) in [6.07, 6.45) is 0.326. The molecule has 166 valence electrons. The molecule has 0 saturated heterocycles. The first-order valence-electron chi connectivity index (χ1n) is 10.3. The number of rotatable bonds is 3. The molecule has 0 bridgehead atoms. The molecule has 3 aliphatic carbocycles. The van der Waals surface area contributed by atoms with E-state index in [1.165, 1.54) is 19.9 Å². The highest BCUT2D eigenvalue weighted by atomic mass is 16.3. The number of aromatic hydroxyl groups is 1. The molecular weight excluding hydrogens is 416 g/mol. The number of Topliss-reactive ketones (excluding diaryl/α,β-unsaturated/α-hetero) is 5. The molecule has 1 saturated carbocycles. The van der Waals surface area contributed by atoms with Gasteiger partial charge in [0.25, 0.3) is 0 Å². The molecule has 1 fully saturated rings. The van der Waals surface area contributed by atoms with E-state index in [1.807, 2.05) is 0 Å². The number of hydrogen-bond acceptors (Lipinski definition) is 8. The molecule has 32 heavy (non-hydrogen) atoms. The second-order valence-corrected chi connectivity index (χ2v) is 8.73. The quantitative estimate of drug-likeness (QED) is 0.482. The molecule has 0 aliphatic heterocycles. The van der Waals surface area contributed by atoms with Crippen LogP contribution in [0.15, 0.2) is 23.0 Å². The third-order valence-corrected chi connectivity index (χ3v) is 6.75. The van der Waals surface area contributed by atoms with E-state index in [0.29, 0.717) is 5.56 Å². The Morgan fingerprint density at radius 1 is 0.906 bits per heavy atom. The van der Waals surface area contributed by atoms with E-state index in [1.54, 1.807) is 0 Å². The molecule has 0 aromatic heterocycles. The van der Waals surface area contributed by atoms with Gasteiger partial charge in [0.05, 0.1) is 22.6 Å². The van der Waals surface area contributed by atoms with Gasteiger partial charge in [-0.1, -0.05) is 0 Å². The van der Waals surface area contributed by atoms with E-state index >= 15 is 0 Å². The number of phenolic OH excluding ortho intramolecular Hbond substituents is 1. The summed E-state index contributed by atoms with van der Waals surface area (Å²) in [7, 11) is 0. The maximum atomic E-state index is 13.4. The number of aliphatic hydroxyl groups excluding tert-OH is 2. The molecule has 8 heteroatoms. The zero-order valence-electron chi connectivity index (χ0n) is 17.8. The van der Waals surface area contributed by atoms with Crippen molar-refractivity contribution >= 4 is 34.7 Å². The maximum absolute atomic E-state index is 13.4. The van der Waals surface area contributed by atoms with Crippen LogP contribution in [0.2, 0.25) is 0 Å². The van der Waals surface area contributed by atoms with Crippen LogP contribution in [0.25, 0.3) is 5.76 Å². The summed E-state index contributed by atoms with van der Waals surface area (Å²) in [6.45, 7) is 3.65. The Hall–Kier alpha value is -3.55. The van der Waals surface area contributed by atoms with Crippen LogP contribution in [0.3, 0.4) is 0 Å². The first kappa shape index (κ1) is 21.7. The Kier molecular flexibility index (Phi) is 4.91. The highest BCUT2D eigenvalue weighted by molar-refractivity contribution is 6.22. The third kappa shape index (κ3) is 2.93. The highest BCUT2D eigenvalue weighted by Gasteiger charge is 2.51. The zero-order chi connectivity index (χ0) is 23.6. The number of hydrogen-bond donors (Lipinski definition) is 3. The number of carbonyl (C=O) groups excluding carboxylic acids is 5. The van der Waals surface area contributed by atoms with E-state index in [2.05, 4.69) is 0 Å². The summed E-state index contributed by atoms with van der Waals surface area (Å²) in [5, 5.41) is 32.4. The number of carbonyl (C=O) groups is 5. The second-order valence-electron chi connectivity index (χ2n) is 8.73. The highest BCUT2D eigenvalue weighted by Crippen LogP contribution is 2.51. The fraction of sp³-hybridized carbons (Fsp3) is 0.375. The van der Waals surface area contributed by atoms with Gasteiger partial charge < -0.3 is 15.3 Å². The summed E-state index contributed by atoms with van der Waals surface area (Å²) in [5.74, 6) is -6.55. The van der Waals surface area contributed by atoms with Gasteiger partial charge in [-0.15, -0.1) is 0 Å². The number of benzene rings is 1. The molecule has 0 heterocycles. The molecule has 3 aliphatic rings. The minimum atomic E-state index is -1.15. The van der Waals surface area contributed by atoms with Crippen molar-refractivity contribution in [3.8, 4) is 5.75 Å². The van der Waals surface area contributed by atoms with E-state index in [4.69, 9.17) is 0 Å². The van der Waals surface area contributed by atoms with Gasteiger partial charge in [0.1, 0.15) is 17.3 Å². The second kappa shape index (κ2) is 7.25. The van der Waals surface area contributed by atoms with Gasteiger partial charge in [-0.25, -0.2) is 0 Å². The molecule has 4 rings (SSSR count). The Morgan fingerprint density at radius 2 is 1.53 bits per heavy atom. The van der Waals surface area contributed by atoms with E-state index in [-0.39, 0.29) is 47.3 Å². The predicted octanol–water partition coefficient (Wildman–Crippen LogP) is 2.82. The molecule has 3 unspecified atom stereocenters. The summed E-state index contributed by atoms with van der Waals surface area (Å²) < 4.78 is 0. The smallest absolute Gasteiger partial charge is 0.173 e. The topological polar surface area (TPSA) is 146 Å². The van der Waals surface area contributed by atoms with Gasteiger partial charge >= 0.3 is 0 Å². The lowest BCUT2D eigenvalue weighted by Crippen LogP contribution is -2.44. The van der Waals surface area contributed by atoms with E-state index in [9.17, 15) is 39.3 Å². The average Bonchev–Trinajstić information content (AvgIpc) is 2.66. The monoisotopic (exact) mass is 438 g/mol. The van der Waals surface area contributed by atoms with Crippen molar-refractivity contribution < 1.29 is 39.3 Å². The van der Waals surface area contributed by atoms with Crippen LogP contribution in [-0.2, 0) is 20.8 Å². The van der Waals surface area contributed by atoms with Gasteiger partial charge in [0, 0.05) is 17.6 Å². The number of ketones is 5. The summed E-state index contributed by atoms with van der Waals surface area (Å²) in [6, 6.07) is 1.29. The number of phenols is 1. The minimum absolute atomic E-state index is 0.0342. The fourth-order valence-electron chi connectivity index (χ4n) is 5.40. The Morgan fingerprint density at radius 3 is 2.09 bits per heavy atom. The van der Waals surface area contributed by atoms with Crippen LogP contribution >= 0.6 is 0 Å². The summed E-state index contributed by atoms with van der Waals surface area (Å²) >= 11 is 0. The molecular formula is C24H22O8. The van der Waals surface area contributed by atoms with Crippen LogP contribution in [0.4, 0.5) is 0 Å². The normalized spacial score (nSPS) is 24.7. The molecule has 0 amide bonds. The lowest BCUT2D eigenvalue weighted by atomic mass is 9.61. The molecule has 3 atom stereocenters. The van der Waals surface area contributed by atoms with Crippen molar-refractivity contribution in [2.24, 2.45) is 17.8 Å². The first-order valence-corrected chi connectivity index (χ1v) is 10.3. The predicted molar refractivity (Wildman–Crippen MR) is 111 cm³/mol. The van der Waals surface area contributed by atoms with Crippen LogP contribution in [0.1, 0.15) is 65.5 Å². The van der Waals surface area contributed by atoms with E-state index in [0.717, 1.165) is 6.92 Å². The Bertz CT molecular complexity index is 1210. The van der Waals surface area contributed by atoms with Crippen LogP contribution in [0, 0.1) is 17.8 Å². The molecule has 0 radical (unpaired) electrons. The molecule has 1 aromatic rings. The van der Waals surface area contributed by atoms with Crippen LogP contribution in [-0.4, -0.2) is 44.2 Å². The van der Waals surface area contributed by atoms with Gasteiger partial charge in [0.2, 0.25) is 0 Å². The summed E-state index contributed by atoms with van der Waals surface area (Å²) in [5.41, 5.74) is -0.204. The van der Waals surface area contributed by atoms with Gasteiger partial charge in [-0.2, -0.15) is 0 Å². The van der Waals surface area contributed by atoms with Crippen molar-refractivity contribution in [2.45, 2.75) is 40.0 Å². The molecule has 8 nitrogen and oxygen atoms in total. The summed E-state index contributed by atoms with van der Waals surface area (Å²) in [4.78, 5) is 61.9. The fourth-order valence-corrected chi connectivity index (χ4v) is 5.40. The maximum Gasteiger partial charge on any atom is 0.173 e. The average molecular weight is 438 g/mol. The number of allylic oxidation sites excluding steroid dienone is 3. The zero-order valence-corrected chi connectivity index (χ0v) is 17.8. The number of fused-ring (bicyclic) bond motifs is 3. The van der Waals surface area contributed by atoms with Crippen molar-refractivity contribution in [1.29, 1.82) is 0 Å². The first-order chi connectivity index (χ1) is 15.0. The molecule has 1 aromatic carbocycles. The van der Waals surface area contributed by atoms with E-state index < -0.39 is 63.7 Å². The lowest BCUT2D eigenvalue weighted by molar-refractivity contribution is -0.127. The van der Waals surface area contributed by atoms with Crippen molar-refractivity contribution in [1.82, 2.24) is 0 Å². The van der Waals surface area contributed by atoms with Crippen LogP contribution in [0.5, 0.6) is 5.75 Å². The standard InChI is InChI=1S/C24H22O8/c1-8(25)13-7-14(9(2)26)21(29)20-15(13)5-11-4-12-6-16(28)17(10(3)27)22(30)19(12)23(31)18(11)24(20)32/h7,11-12,19,29-30,32H,4-6H2,1-3H3. The van der Waals surface area contributed by atoms with Gasteiger partial charge in [-0.3, -0.25) is 24.0 Å². The molecule has 0 spiro atoms. The van der Waals surface area contributed by atoms with Crippen molar-refractivity contribution in [3.63, 3.8) is 0 Å². The molecule has 3 N–H and O–H groups in total. The third-order valence-electron chi connectivity index (χ3n) is 6.75. The van der Waals surface area contributed by atoms with Gasteiger partial charge in [0.15, 0.2) is 28.9 Å². The number of aliphatic hydroxyl groups is 2. The minimum Gasteiger partial charge on any atom is -0.511 e. The Labute approximate surface area is 183 Å². The van der Waals surface area contributed by atoms with Crippen molar-refractivity contribution in [3.05, 3.63) is 45.2 Å². The van der Waals surface area contributed by atoms with Crippen molar-refractivity contribution in [2.75, 3.05) is 0 Å². The Balaban J connectivity index is 1.95. The van der Waals surface area contributed by atoms with Crippen LogP contribution < -0.4 is 0 Å².